The summed E-state index contributed by atoms with van der Waals surface area (Å²) in [6, 6.07) is 3.23. The highest BCUT2D eigenvalue weighted by Gasteiger charge is 2.33. The summed E-state index contributed by atoms with van der Waals surface area (Å²) in [6.45, 7) is 6.17. The molecule has 1 saturated heterocycles. The topological polar surface area (TPSA) is 29.5 Å². The minimum atomic E-state index is -4.47. The number of ether oxygens (including phenoxy) is 1. The predicted octanol–water partition coefficient (Wildman–Crippen LogP) is 5.20. The van der Waals surface area contributed by atoms with Crippen LogP contribution in [0, 0.1) is 5.92 Å². The maximum Gasteiger partial charge on any atom is 0.416 e. The maximum absolute atomic E-state index is 13.0. The SMILES string of the molecule is CC(C)(C)OC(=O)C1CCN(c2cc(C(F)(F)F)ccc2/C=C\F)CC1. The molecule has 0 amide bonds. The molecular weight excluding hydrogens is 350 g/mol. The minimum absolute atomic E-state index is 0.281. The van der Waals surface area contributed by atoms with Crippen LogP contribution in [0.5, 0.6) is 0 Å². The van der Waals surface area contributed by atoms with Crippen molar-refractivity contribution in [2.75, 3.05) is 18.0 Å². The number of benzene rings is 1. The number of esters is 1. The third-order valence-corrected chi connectivity index (χ3v) is 4.18. The summed E-state index contributed by atoms with van der Waals surface area (Å²) in [5.41, 5.74) is -0.667. The molecule has 0 bridgehead atoms. The van der Waals surface area contributed by atoms with E-state index in [4.69, 9.17) is 4.74 Å². The fourth-order valence-electron chi connectivity index (χ4n) is 2.94. The van der Waals surface area contributed by atoms with Gasteiger partial charge in [0.15, 0.2) is 0 Å². The van der Waals surface area contributed by atoms with Gasteiger partial charge in [-0.1, -0.05) is 6.07 Å². The Kier molecular flexibility index (Phi) is 5.98. The lowest BCUT2D eigenvalue weighted by Crippen LogP contribution is -2.39. The van der Waals surface area contributed by atoms with Gasteiger partial charge >= 0.3 is 12.1 Å². The third-order valence-electron chi connectivity index (χ3n) is 4.18. The second kappa shape index (κ2) is 7.68. The molecule has 1 aliphatic heterocycles. The first-order valence-electron chi connectivity index (χ1n) is 8.47. The Morgan fingerprint density at radius 1 is 1.19 bits per heavy atom. The molecule has 0 saturated carbocycles. The van der Waals surface area contributed by atoms with Crippen molar-refractivity contribution in [3.05, 3.63) is 35.7 Å². The molecule has 1 aromatic carbocycles. The summed E-state index contributed by atoms with van der Waals surface area (Å²) in [5, 5.41) is 0. The minimum Gasteiger partial charge on any atom is -0.460 e. The van der Waals surface area contributed by atoms with Gasteiger partial charge in [0.25, 0.3) is 0 Å². The molecule has 0 radical (unpaired) electrons. The largest absolute Gasteiger partial charge is 0.460 e. The Morgan fingerprint density at radius 2 is 1.81 bits per heavy atom. The quantitative estimate of drug-likeness (QED) is 0.538. The average Bonchev–Trinajstić information content (AvgIpc) is 2.53. The third kappa shape index (κ3) is 5.22. The lowest BCUT2D eigenvalue weighted by molar-refractivity contribution is -0.160. The van der Waals surface area contributed by atoms with Crippen molar-refractivity contribution in [3.8, 4) is 0 Å². The predicted molar refractivity (Wildman–Crippen MR) is 92.4 cm³/mol. The van der Waals surface area contributed by atoms with Gasteiger partial charge in [-0.3, -0.25) is 4.79 Å². The van der Waals surface area contributed by atoms with Crippen LogP contribution in [-0.4, -0.2) is 24.7 Å². The van der Waals surface area contributed by atoms with Gasteiger partial charge in [-0.15, -0.1) is 0 Å². The summed E-state index contributed by atoms with van der Waals surface area (Å²) in [7, 11) is 0. The van der Waals surface area contributed by atoms with E-state index in [0.717, 1.165) is 18.2 Å². The van der Waals surface area contributed by atoms with Gasteiger partial charge in [0.1, 0.15) is 5.60 Å². The van der Waals surface area contributed by atoms with E-state index in [-0.39, 0.29) is 11.9 Å². The van der Waals surface area contributed by atoms with Crippen LogP contribution < -0.4 is 4.90 Å². The van der Waals surface area contributed by atoms with Crippen molar-refractivity contribution in [1.82, 2.24) is 0 Å². The number of nitrogens with zero attached hydrogens (tertiary/aromatic N) is 1. The van der Waals surface area contributed by atoms with Crippen LogP contribution >= 0.6 is 0 Å². The van der Waals surface area contributed by atoms with Gasteiger partial charge in [-0.05, 0) is 51.8 Å². The molecule has 7 heteroatoms. The number of carbonyl (C=O) groups is 1. The molecule has 0 spiro atoms. The second-order valence-corrected chi connectivity index (χ2v) is 7.36. The van der Waals surface area contributed by atoms with Gasteiger partial charge in [0.05, 0.1) is 17.8 Å². The first kappa shape index (κ1) is 20.3. The fraction of sp³-hybridized carbons (Fsp3) is 0.526. The molecule has 0 N–H and O–H groups in total. The number of carbonyl (C=O) groups excluding carboxylic acids is 1. The first-order valence-corrected chi connectivity index (χ1v) is 8.47. The lowest BCUT2D eigenvalue weighted by atomic mass is 9.95. The molecule has 144 valence electrons. The lowest BCUT2D eigenvalue weighted by Gasteiger charge is -2.35. The van der Waals surface area contributed by atoms with E-state index in [0.29, 0.717) is 43.5 Å². The number of piperidine rings is 1. The molecule has 3 nitrogen and oxygen atoms in total. The van der Waals surface area contributed by atoms with Crippen molar-refractivity contribution in [3.63, 3.8) is 0 Å². The Balaban J connectivity index is 2.16. The van der Waals surface area contributed by atoms with Crippen LogP contribution in [-0.2, 0) is 15.7 Å². The van der Waals surface area contributed by atoms with E-state index in [1.807, 2.05) is 0 Å². The van der Waals surface area contributed by atoms with Crippen molar-refractivity contribution >= 4 is 17.7 Å². The number of alkyl halides is 3. The van der Waals surface area contributed by atoms with Crippen LogP contribution in [0.2, 0.25) is 0 Å². The Bertz CT molecular complexity index is 669. The van der Waals surface area contributed by atoms with E-state index in [1.54, 1.807) is 25.7 Å². The molecule has 2 rings (SSSR count). The summed E-state index contributed by atoms with van der Waals surface area (Å²) >= 11 is 0. The van der Waals surface area contributed by atoms with Gasteiger partial charge in [0, 0.05) is 24.3 Å². The smallest absolute Gasteiger partial charge is 0.416 e. The highest BCUT2D eigenvalue weighted by molar-refractivity contribution is 5.74. The Hall–Kier alpha value is -2.05. The Labute approximate surface area is 150 Å². The standard InChI is InChI=1S/C19H23F4NO2/c1-18(2,3)26-17(25)14-7-10-24(11-8-14)16-12-15(19(21,22)23)5-4-13(16)6-9-20/h4-6,9,12,14H,7-8,10-11H2,1-3H3/b9-6-. The van der Waals surface area contributed by atoms with E-state index in [9.17, 15) is 22.4 Å². The Morgan fingerprint density at radius 3 is 2.31 bits per heavy atom. The van der Waals surface area contributed by atoms with Crippen LogP contribution in [0.15, 0.2) is 24.5 Å². The molecule has 1 heterocycles. The molecule has 26 heavy (non-hydrogen) atoms. The molecule has 0 atom stereocenters. The average molecular weight is 373 g/mol. The van der Waals surface area contributed by atoms with Crippen molar-refractivity contribution in [1.29, 1.82) is 0 Å². The summed E-state index contributed by atoms with van der Waals surface area (Å²) in [5.74, 6) is -0.568. The van der Waals surface area contributed by atoms with Gasteiger partial charge in [0.2, 0.25) is 0 Å². The van der Waals surface area contributed by atoms with Gasteiger partial charge in [-0.25, -0.2) is 4.39 Å². The van der Waals surface area contributed by atoms with Crippen molar-refractivity contribution in [2.45, 2.75) is 45.4 Å². The molecular formula is C19H23F4NO2. The number of hydrogen-bond acceptors (Lipinski definition) is 3. The zero-order valence-electron chi connectivity index (χ0n) is 15.1. The zero-order valence-corrected chi connectivity index (χ0v) is 15.1. The monoisotopic (exact) mass is 373 g/mol. The van der Waals surface area contributed by atoms with Gasteiger partial charge < -0.3 is 9.64 Å². The number of hydrogen-bond donors (Lipinski definition) is 0. The van der Waals surface area contributed by atoms with E-state index in [2.05, 4.69) is 0 Å². The van der Waals surface area contributed by atoms with Crippen LogP contribution in [0.25, 0.3) is 6.08 Å². The number of halogens is 4. The molecule has 1 aliphatic rings. The summed E-state index contributed by atoms with van der Waals surface area (Å²) < 4.78 is 57.0. The number of rotatable bonds is 3. The zero-order chi connectivity index (χ0) is 19.5. The van der Waals surface area contributed by atoms with Crippen molar-refractivity contribution in [2.24, 2.45) is 5.92 Å². The van der Waals surface area contributed by atoms with Crippen LogP contribution in [0.1, 0.15) is 44.7 Å². The first-order chi connectivity index (χ1) is 12.0. The summed E-state index contributed by atoms with van der Waals surface area (Å²) in [4.78, 5) is 13.9. The second-order valence-electron chi connectivity index (χ2n) is 7.36. The van der Waals surface area contributed by atoms with Crippen LogP contribution in [0.3, 0.4) is 0 Å². The highest BCUT2D eigenvalue weighted by atomic mass is 19.4. The molecule has 0 aliphatic carbocycles. The molecule has 1 fully saturated rings. The normalized spacial score (nSPS) is 17.0. The van der Waals surface area contributed by atoms with Gasteiger partial charge in [-0.2, -0.15) is 13.2 Å². The van der Waals surface area contributed by atoms with E-state index < -0.39 is 17.3 Å². The highest BCUT2D eigenvalue weighted by Crippen LogP contribution is 2.35. The van der Waals surface area contributed by atoms with Crippen molar-refractivity contribution < 1.29 is 27.1 Å². The summed E-state index contributed by atoms with van der Waals surface area (Å²) in [6.07, 6.45) is -2.08. The van der Waals surface area contributed by atoms with E-state index in [1.165, 1.54) is 6.07 Å². The fourth-order valence-corrected chi connectivity index (χ4v) is 2.94. The molecule has 0 aromatic heterocycles. The molecule has 1 aromatic rings. The van der Waals surface area contributed by atoms with Crippen LogP contribution in [0.4, 0.5) is 23.2 Å². The van der Waals surface area contributed by atoms with E-state index >= 15 is 0 Å². The molecule has 0 unspecified atom stereocenters. The maximum atomic E-state index is 13.0. The number of anilines is 1.